The fraction of sp³-hybridized carbons (Fsp3) is 0. The molecule has 2 aromatic carbocycles. The Kier molecular flexibility index (Phi) is 3.31. The van der Waals surface area contributed by atoms with E-state index in [9.17, 15) is 9.90 Å². The zero-order valence-corrected chi connectivity index (χ0v) is 12.6. The highest BCUT2D eigenvalue weighted by molar-refractivity contribution is 5.95. The van der Waals surface area contributed by atoms with E-state index in [1.165, 1.54) is 6.20 Å². The highest BCUT2D eigenvalue weighted by Gasteiger charge is 2.18. The molecule has 0 atom stereocenters. The van der Waals surface area contributed by atoms with Crippen LogP contribution in [-0.2, 0) is 0 Å². The maximum atomic E-state index is 11.6. The van der Waals surface area contributed by atoms with Gasteiger partial charge in [0, 0.05) is 23.4 Å². The fourth-order valence-electron chi connectivity index (χ4n) is 2.71. The van der Waals surface area contributed by atoms with Crippen LogP contribution in [0.25, 0.3) is 28.2 Å². The van der Waals surface area contributed by atoms with Crippen molar-refractivity contribution in [3.63, 3.8) is 0 Å². The molecule has 0 unspecified atom stereocenters. The third-order valence-electron chi connectivity index (χ3n) is 3.83. The second-order valence-corrected chi connectivity index (χ2v) is 5.36. The summed E-state index contributed by atoms with van der Waals surface area (Å²) in [5.41, 5.74) is 3.75. The minimum atomic E-state index is -1.03. The summed E-state index contributed by atoms with van der Waals surface area (Å²) in [4.78, 5) is 15.9. The summed E-state index contributed by atoms with van der Waals surface area (Å²) in [5, 5.41) is 14.1. The number of hydrogen-bond acceptors (Lipinski definition) is 3. The van der Waals surface area contributed by atoms with Crippen molar-refractivity contribution in [3.05, 3.63) is 78.5 Å². The van der Waals surface area contributed by atoms with Gasteiger partial charge in [0.15, 0.2) is 5.65 Å². The summed E-state index contributed by atoms with van der Waals surface area (Å²) in [6.07, 6.45) is 1.39. The summed E-state index contributed by atoms with van der Waals surface area (Å²) in [6, 6.07) is 21.0. The molecule has 0 fully saturated rings. The molecule has 24 heavy (non-hydrogen) atoms. The van der Waals surface area contributed by atoms with Crippen LogP contribution in [0.1, 0.15) is 10.4 Å². The van der Waals surface area contributed by atoms with E-state index >= 15 is 0 Å². The van der Waals surface area contributed by atoms with Crippen LogP contribution in [0, 0.1) is 0 Å². The molecule has 0 aliphatic heterocycles. The van der Waals surface area contributed by atoms with Crippen LogP contribution < -0.4 is 0 Å². The lowest BCUT2D eigenvalue weighted by Crippen LogP contribution is -2.07. The van der Waals surface area contributed by atoms with Gasteiger partial charge in [-0.3, -0.25) is 0 Å². The van der Waals surface area contributed by atoms with Crippen LogP contribution in [0.3, 0.4) is 0 Å². The molecule has 0 aliphatic carbocycles. The highest BCUT2D eigenvalue weighted by atomic mass is 16.4. The monoisotopic (exact) mass is 315 g/mol. The number of fused-ring (bicyclic) bond motifs is 1. The number of aromatic nitrogens is 3. The van der Waals surface area contributed by atoms with Crippen LogP contribution in [-0.4, -0.2) is 25.7 Å². The SMILES string of the molecule is O=C(O)c1cnc2cc(-c3ccccc3)nn2c1-c1ccccc1. The van der Waals surface area contributed by atoms with E-state index in [4.69, 9.17) is 0 Å². The molecule has 4 rings (SSSR count). The molecule has 116 valence electrons. The Morgan fingerprint density at radius 3 is 2.17 bits per heavy atom. The highest BCUT2D eigenvalue weighted by Crippen LogP contribution is 2.26. The molecule has 0 aliphatic rings. The summed E-state index contributed by atoms with van der Waals surface area (Å²) >= 11 is 0. The van der Waals surface area contributed by atoms with Gasteiger partial charge in [0.05, 0.1) is 11.4 Å². The summed E-state index contributed by atoms with van der Waals surface area (Å²) in [6.45, 7) is 0. The van der Waals surface area contributed by atoms with Crippen molar-refractivity contribution in [2.75, 3.05) is 0 Å². The molecule has 0 radical (unpaired) electrons. The third kappa shape index (κ3) is 2.32. The third-order valence-corrected chi connectivity index (χ3v) is 3.83. The van der Waals surface area contributed by atoms with Crippen molar-refractivity contribution < 1.29 is 9.90 Å². The smallest absolute Gasteiger partial charge is 0.339 e. The van der Waals surface area contributed by atoms with E-state index in [1.54, 1.807) is 4.52 Å². The maximum absolute atomic E-state index is 11.6. The molecule has 0 amide bonds. The van der Waals surface area contributed by atoms with Crippen molar-refractivity contribution in [2.45, 2.75) is 0 Å². The Balaban J connectivity index is 2.02. The van der Waals surface area contributed by atoms with Crippen LogP contribution in [0.15, 0.2) is 72.9 Å². The van der Waals surface area contributed by atoms with E-state index in [-0.39, 0.29) is 5.56 Å². The largest absolute Gasteiger partial charge is 0.478 e. The number of rotatable bonds is 3. The zero-order chi connectivity index (χ0) is 16.5. The Labute approximate surface area is 137 Å². The molecule has 1 N–H and O–H groups in total. The van der Waals surface area contributed by atoms with Crippen LogP contribution >= 0.6 is 0 Å². The lowest BCUT2D eigenvalue weighted by atomic mass is 10.1. The van der Waals surface area contributed by atoms with Gasteiger partial charge in [-0.05, 0) is 0 Å². The second kappa shape index (κ2) is 5.62. The molecule has 4 aromatic rings. The van der Waals surface area contributed by atoms with Gasteiger partial charge < -0.3 is 5.11 Å². The molecule has 0 saturated carbocycles. The Hall–Kier alpha value is -3.47. The standard InChI is InChI=1S/C19H13N3O2/c23-19(24)15-12-20-17-11-16(13-7-3-1-4-8-13)21-22(17)18(15)14-9-5-2-6-10-14/h1-12H,(H,23,24). The first-order chi connectivity index (χ1) is 11.7. The van der Waals surface area contributed by atoms with E-state index in [1.807, 2.05) is 66.7 Å². The minimum Gasteiger partial charge on any atom is -0.478 e. The average molecular weight is 315 g/mol. The van der Waals surface area contributed by atoms with Crippen LogP contribution in [0.4, 0.5) is 0 Å². The van der Waals surface area contributed by atoms with Gasteiger partial charge in [0.25, 0.3) is 0 Å². The quantitative estimate of drug-likeness (QED) is 0.625. The van der Waals surface area contributed by atoms with Gasteiger partial charge in [-0.1, -0.05) is 60.7 Å². The van der Waals surface area contributed by atoms with E-state index in [0.29, 0.717) is 11.3 Å². The van der Waals surface area contributed by atoms with Crippen molar-refractivity contribution in [2.24, 2.45) is 0 Å². The topological polar surface area (TPSA) is 67.5 Å². The number of carboxylic acid groups (broad SMARTS) is 1. The molecule has 5 heteroatoms. The molecular formula is C19H13N3O2. The predicted octanol–water partition coefficient (Wildman–Crippen LogP) is 3.76. The minimum absolute atomic E-state index is 0.122. The number of benzene rings is 2. The molecule has 0 saturated heterocycles. The molecule has 0 spiro atoms. The van der Waals surface area contributed by atoms with Gasteiger partial charge in [0.2, 0.25) is 0 Å². The fourth-order valence-corrected chi connectivity index (χ4v) is 2.71. The maximum Gasteiger partial charge on any atom is 0.339 e. The van der Waals surface area contributed by atoms with Crippen molar-refractivity contribution >= 4 is 11.6 Å². The first kappa shape index (κ1) is 14.1. The lowest BCUT2D eigenvalue weighted by Gasteiger charge is -2.08. The predicted molar refractivity (Wildman–Crippen MR) is 90.8 cm³/mol. The number of carboxylic acids is 1. The second-order valence-electron chi connectivity index (χ2n) is 5.36. The first-order valence-corrected chi connectivity index (χ1v) is 7.47. The summed E-state index contributed by atoms with van der Waals surface area (Å²) < 4.78 is 1.60. The van der Waals surface area contributed by atoms with Gasteiger partial charge in [0.1, 0.15) is 5.56 Å². The van der Waals surface area contributed by atoms with Crippen molar-refractivity contribution in [1.82, 2.24) is 14.6 Å². The first-order valence-electron chi connectivity index (χ1n) is 7.47. The van der Waals surface area contributed by atoms with Crippen LogP contribution in [0.5, 0.6) is 0 Å². The van der Waals surface area contributed by atoms with Crippen LogP contribution in [0.2, 0.25) is 0 Å². The van der Waals surface area contributed by atoms with E-state index < -0.39 is 5.97 Å². The lowest BCUT2D eigenvalue weighted by molar-refractivity contribution is 0.0696. The molecule has 0 bridgehead atoms. The number of hydrogen-bond donors (Lipinski definition) is 1. The van der Waals surface area contributed by atoms with E-state index in [0.717, 1.165) is 16.8 Å². The van der Waals surface area contributed by atoms with Gasteiger partial charge in [-0.2, -0.15) is 5.10 Å². The van der Waals surface area contributed by atoms with Crippen molar-refractivity contribution in [1.29, 1.82) is 0 Å². The number of carbonyl (C=O) groups is 1. The Morgan fingerprint density at radius 2 is 1.54 bits per heavy atom. The van der Waals surface area contributed by atoms with Gasteiger partial charge in [-0.25, -0.2) is 14.3 Å². The summed E-state index contributed by atoms with van der Waals surface area (Å²) in [7, 11) is 0. The zero-order valence-electron chi connectivity index (χ0n) is 12.6. The molecule has 2 heterocycles. The normalized spacial score (nSPS) is 10.8. The Morgan fingerprint density at radius 1 is 0.917 bits per heavy atom. The molecule has 5 nitrogen and oxygen atoms in total. The Bertz CT molecular complexity index is 1020. The number of aromatic carboxylic acids is 1. The molecule has 2 aromatic heterocycles. The van der Waals surface area contributed by atoms with Gasteiger partial charge in [-0.15, -0.1) is 0 Å². The van der Waals surface area contributed by atoms with E-state index in [2.05, 4.69) is 10.1 Å². The molecular weight excluding hydrogens is 302 g/mol. The van der Waals surface area contributed by atoms with Gasteiger partial charge >= 0.3 is 5.97 Å². The summed E-state index contributed by atoms with van der Waals surface area (Å²) in [5.74, 6) is -1.03. The van der Waals surface area contributed by atoms with Crippen molar-refractivity contribution in [3.8, 4) is 22.5 Å². The number of nitrogens with zero attached hydrogens (tertiary/aromatic N) is 3. The average Bonchev–Trinajstić information content (AvgIpc) is 3.06.